The molecule has 3 rings (SSSR count). The lowest BCUT2D eigenvalue weighted by Gasteiger charge is -2.15. The molecule has 25 heavy (non-hydrogen) atoms. The Labute approximate surface area is 155 Å². The lowest BCUT2D eigenvalue weighted by molar-refractivity contribution is 0.0527. The molecule has 0 fully saturated rings. The van der Waals surface area contributed by atoms with Gasteiger partial charge in [-0.3, -0.25) is 0 Å². The summed E-state index contributed by atoms with van der Waals surface area (Å²) in [6.07, 6.45) is 1.46. The molecule has 5 nitrogen and oxygen atoms in total. The molecule has 128 valence electrons. The molecule has 0 radical (unpaired) electrons. The number of hydrogen-bond donors (Lipinski definition) is 1. The molecule has 0 unspecified atom stereocenters. The van der Waals surface area contributed by atoms with E-state index in [0.717, 1.165) is 5.69 Å². The maximum atomic E-state index is 12.3. The summed E-state index contributed by atoms with van der Waals surface area (Å²) in [6, 6.07) is 8.80. The Hall–Kier alpha value is -2.37. The summed E-state index contributed by atoms with van der Waals surface area (Å²) in [4.78, 5) is 21.0. The number of benzene rings is 1. The molecular formula is C18H15Cl2N3O2. The number of carbonyl (C=O) groups excluding carboxylic acids is 1. The van der Waals surface area contributed by atoms with Crippen LogP contribution in [-0.4, -0.2) is 22.5 Å². The van der Waals surface area contributed by atoms with Gasteiger partial charge in [-0.1, -0.05) is 23.2 Å². The van der Waals surface area contributed by atoms with Crippen molar-refractivity contribution >= 4 is 51.6 Å². The van der Waals surface area contributed by atoms with E-state index in [-0.39, 0.29) is 6.61 Å². The van der Waals surface area contributed by atoms with Gasteiger partial charge in [-0.15, -0.1) is 0 Å². The van der Waals surface area contributed by atoms with Crippen molar-refractivity contribution in [2.75, 3.05) is 11.9 Å². The second-order valence-corrected chi connectivity index (χ2v) is 6.18. The molecule has 0 saturated carbocycles. The number of nitrogens with one attached hydrogen (secondary N) is 1. The number of anilines is 2. The van der Waals surface area contributed by atoms with Crippen LogP contribution in [-0.2, 0) is 4.74 Å². The van der Waals surface area contributed by atoms with Crippen molar-refractivity contribution in [3.8, 4) is 0 Å². The smallest absolute Gasteiger partial charge is 0.341 e. The quantitative estimate of drug-likeness (QED) is 0.637. The van der Waals surface area contributed by atoms with Crippen molar-refractivity contribution in [3.05, 3.63) is 57.8 Å². The normalized spacial score (nSPS) is 10.7. The number of pyridine rings is 2. The van der Waals surface area contributed by atoms with Gasteiger partial charge in [-0.05, 0) is 44.2 Å². The number of esters is 1. The SMILES string of the molecule is CCOC(=O)c1cnc2nc(C)ccc2c1Nc1ccc(Cl)cc1Cl. The van der Waals surface area contributed by atoms with Crippen LogP contribution >= 0.6 is 23.2 Å². The van der Waals surface area contributed by atoms with E-state index in [1.54, 1.807) is 25.1 Å². The topological polar surface area (TPSA) is 64.1 Å². The molecule has 0 amide bonds. The highest BCUT2D eigenvalue weighted by Gasteiger charge is 2.18. The summed E-state index contributed by atoms with van der Waals surface area (Å²) in [7, 11) is 0. The van der Waals surface area contributed by atoms with Crippen LogP contribution in [0.25, 0.3) is 11.0 Å². The third-order valence-corrected chi connectivity index (χ3v) is 4.10. The molecule has 0 spiro atoms. The number of aryl methyl sites for hydroxylation is 1. The fourth-order valence-electron chi connectivity index (χ4n) is 2.40. The van der Waals surface area contributed by atoms with E-state index in [4.69, 9.17) is 27.9 Å². The van der Waals surface area contributed by atoms with Crippen LogP contribution in [0.3, 0.4) is 0 Å². The van der Waals surface area contributed by atoms with Crippen LogP contribution in [0, 0.1) is 6.92 Å². The summed E-state index contributed by atoms with van der Waals surface area (Å²) in [5, 5.41) is 4.86. The van der Waals surface area contributed by atoms with Gasteiger partial charge in [0.2, 0.25) is 0 Å². The van der Waals surface area contributed by atoms with E-state index in [2.05, 4.69) is 15.3 Å². The number of carbonyl (C=O) groups is 1. The van der Waals surface area contributed by atoms with Gasteiger partial charge in [-0.25, -0.2) is 14.8 Å². The largest absolute Gasteiger partial charge is 0.462 e. The van der Waals surface area contributed by atoms with Gasteiger partial charge in [0.05, 0.1) is 23.0 Å². The molecule has 0 aliphatic heterocycles. The van der Waals surface area contributed by atoms with Gasteiger partial charge in [0, 0.05) is 22.3 Å². The van der Waals surface area contributed by atoms with Crippen molar-refractivity contribution in [2.24, 2.45) is 0 Å². The predicted molar refractivity (Wildman–Crippen MR) is 100.0 cm³/mol. The Morgan fingerprint density at radius 1 is 1.24 bits per heavy atom. The minimum Gasteiger partial charge on any atom is -0.462 e. The molecule has 2 heterocycles. The van der Waals surface area contributed by atoms with E-state index < -0.39 is 5.97 Å². The van der Waals surface area contributed by atoms with Gasteiger partial charge in [0.25, 0.3) is 0 Å². The van der Waals surface area contributed by atoms with Crippen LogP contribution in [0.4, 0.5) is 11.4 Å². The second-order valence-electron chi connectivity index (χ2n) is 5.34. The molecule has 0 bridgehead atoms. The maximum Gasteiger partial charge on any atom is 0.341 e. The van der Waals surface area contributed by atoms with Crippen molar-refractivity contribution < 1.29 is 9.53 Å². The molecule has 0 aliphatic carbocycles. The number of halogens is 2. The van der Waals surface area contributed by atoms with E-state index in [1.165, 1.54) is 6.20 Å². The number of rotatable bonds is 4. The summed E-state index contributed by atoms with van der Waals surface area (Å²) in [5.74, 6) is -0.468. The van der Waals surface area contributed by atoms with E-state index in [1.807, 2.05) is 19.1 Å². The number of aromatic nitrogens is 2. The monoisotopic (exact) mass is 375 g/mol. The number of fused-ring (bicyclic) bond motifs is 1. The van der Waals surface area contributed by atoms with Crippen molar-refractivity contribution in [1.29, 1.82) is 0 Å². The lowest BCUT2D eigenvalue weighted by Crippen LogP contribution is -2.10. The molecule has 7 heteroatoms. The van der Waals surface area contributed by atoms with Crippen LogP contribution in [0.5, 0.6) is 0 Å². The first-order valence-corrected chi connectivity index (χ1v) is 8.40. The zero-order chi connectivity index (χ0) is 18.0. The first kappa shape index (κ1) is 17.5. The fourth-order valence-corrected chi connectivity index (χ4v) is 2.85. The summed E-state index contributed by atoms with van der Waals surface area (Å²) >= 11 is 12.2. The van der Waals surface area contributed by atoms with Crippen LogP contribution in [0.15, 0.2) is 36.5 Å². The Morgan fingerprint density at radius 3 is 2.76 bits per heavy atom. The Bertz CT molecular complexity index is 960. The Kier molecular flexibility index (Phi) is 5.06. The van der Waals surface area contributed by atoms with Crippen LogP contribution in [0.1, 0.15) is 23.0 Å². The fraction of sp³-hybridized carbons (Fsp3) is 0.167. The molecular weight excluding hydrogens is 361 g/mol. The zero-order valence-electron chi connectivity index (χ0n) is 13.6. The molecule has 3 aromatic rings. The van der Waals surface area contributed by atoms with Gasteiger partial charge < -0.3 is 10.1 Å². The van der Waals surface area contributed by atoms with Crippen LogP contribution in [0.2, 0.25) is 10.0 Å². The first-order chi connectivity index (χ1) is 12.0. The number of hydrogen-bond acceptors (Lipinski definition) is 5. The third kappa shape index (κ3) is 3.67. The molecule has 2 aromatic heterocycles. The van der Waals surface area contributed by atoms with Gasteiger partial charge in [0.15, 0.2) is 5.65 Å². The van der Waals surface area contributed by atoms with E-state index >= 15 is 0 Å². The Morgan fingerprint density at radius 2 is 2.04 bits per heavy atom. The summed E-state index contributed by atoms with van der Waals surface area (Å²) in [6.45, 7) is 3.90. The molecule has 0 saturated heterocycles. The second kappa shape index (κ2) is 7.25. The first-order valence-electron chi connectivity index (χ1n) is 7.65. The van der Waals surface area contributed by atoms with Crippen LogP contribution < -0.4 is 5.32 Å². The number of nitrogens with zero attached hydrogens (tertiary/aromatic N) is 2. The van der Waals surface area contributed by atoms with Gasteiger partial charge in [-0.2, -0.15) is 0 Å². The summed E-state index contributed by atoms with van der Waals surface area (Å²) in [5.41, 5.74) is 2.83. The number of ether oxygens (including phenoxy) is 1. The van der Waals surface area contributed by atoms with Crippen molar-refractivity contribution in [2.45, 2.75) is 13.8 Å². The molecule has 0 atom stereocenters. The lowest BCUT2D eigenvalue weighted by atomic mass is 10.1. The molecule has 1 aromatic carbocycles. The minimum absolute atomic E-state index is 0.268. The van der Waals surface area contributed by atoms with Gasteiger partial charge >= 0.3 is 5.97 Å². The van der Waals surface area contributed by atoms with E-state index in [0.29, 0.717) is 38.0 Å². The average molecular weight is 376 g/mol. The minimum atomic E-state index is -0.468. The molecule has 1 N–H and O–H groups in total. The maximum absolute atomic E-state index is 12.3. The highest BCUT2D eigenvalue weighted by Crippen LogP contribution is 2.33. The van der Waals surface area contributed by atoms with Crippen molar-refractivity contribution in [1.82, 2.24) is 9.97 Å². The van der Waals surface area contributed by atoms with E-state index in [9.17, 15) is 4.79 Å². The molecule has 0 aliphatic rings. The van der Waals surface area contributed by atoms with Crippen molar-refractivity contribution in [3.63, 3.8) is 0 Å². The predicted octanol–water partition coefficient (Wildman–Crippen LogP) is 5.17. The average Bonchev–Trinajstić information content (AvgIpc) is 2.57. The standard InChI is InChI=1S/C18H15Cl2N3O2/c1-3-25-18(24)13-9-21-17-12(6-4-10(2)22-17)16(13)23-15-7-5-11(19)8-14(15)20/h4-9H,3H2,1-2H3,(H,21,22,23). The third-order valence-electron chi connectivity index (χ3n) is 3.56. The highest BCUT2D eigenvalue weighted by molar-refractivity contribution is 6.36. The Balaban J connectivity index is 2.17. The summed E-state index contributed by atoms with van der Waals surface area (Å²) < 4.78 is 5.13. The highest BCUT2D eigenvalue weighted by atomic mass is 35.5. The zero-order valence-corrected chi connectivity index (χ0v) is 15.1. The van der Waals surface area contributed by atoms with Gasteiger partial charge in [0.1, 0.15) is 5.56 Å².